The Morgan fingerprint density at radius 1 is 1.23 bits per heavy atom. The number of benzene rings is 1. The molecule has 1 saturated carbocycles. The fourth-order valence-corrected chi connectivity index (χ4v) is 5.20. The molecule has 1 aliphatic heterocycles. The zero-order valence-corrected chi connectivity index (χ0v) is 13.3. The Morgan fingerprint density at radius 2 is 1.95 bits per heavy atom. The second kappa shape index (κ2) is 5.91. The van der Waals surface area contributed by atoms with E-state index in [0.717, 1.165) is 24.0 Å². The van der Waals surface area contributed by atoms with Gasteiger partial charge in [0.2, 0.25) is 5.91 Å². The minimum atomic E-state index is -3.33. The summed E-state index contributed by atoms with van der Waals surface area (Å²) in [5, 5.41) is 9.21. The van der Waals surface area contributed by atoms with Gasteiger partial charge in [0.05, 0.1) is 5.25 Å². The molecular weight excluding hydrogens is 302 g/mol. The van der Waals surface area contributed by atoms with Crippen molar-refractivity contribution < 1.29 is 18.3 Å². The number of carbonyl (C=O) groups excluding carboxylic acids is 1. The zero-order chi connectivity index (χ0) is 15.7. The van der Waals surface area contributed by atoms with Crippen LogP contribution in [-0.2, 0) is 27.6 Å². The van der Waals surface area contributed by atoms with Crippen LogP contribution in [0.15, 0.2) is 18.2 Å². The lowest BCUT2D eigenvalue weighted by molar-refractivity contribution is -0.129. The van der Waals surface area contributed by atoms with Crippen LogP contribution in [0.3, 0.4) is 0 Å². The Hall–Kier alpha value is -1.56. The van der Waals surface area contributed by atoms with Crippen molar-refractivity contribution in [2.75, 3.05) is 12.3 Å². The molecule has 1 aromatic carbocycles. The van der Waals surface area contributed by atoms with Gasteiger partial charge in [-0.1, -0.05) is 18.9 Å². The molecule has 5 nitrogen and oxygen atoms in total. The molecule has 0 saturated heterocycles. The lowest BCUT2D eigenvalue weighted by Crippen LogP contribution is -2.40. The van der Waals surface area contributed by atoms with Crippen LogP contribution in [0.4, 0.5) is 0 Å². The van der Waals surface area contributed by atoms with Gasteiger partial charge in [-0.25, -0.2) is 8.42 Å². The molecule has 0 bridgehead atoms. The van der Waals surface area contributed by atoms with E-state index in [-0.39, 0.29) is 22.7 Å². The highest BCUT2D eigenvalue weighted by atomic mass is 32.2. The van der Waals surface area contributed by atoms with Crippen LogP contribution in [-0.4, -0.2) is 41.9 Å². The molecule has 1 amide bonds. The summed E-state index contributed by atoms with van der Waals surface area (Å²) in [5.41, 5.74) is 2.01. The predicted octanol–water partition coefficient (Wildman–Crippen LogP) is 1.63. The number of fused-ring (bicyclic) bond motifs is 1. The van der Waals surface area contributed by atoms with Crippen molar-refractivity contribution in [3.63, 3.8) is 0 Å². The monoisotopic (exact) mass is 323 g/mol. The lowest BCUT2D eigenvalue weighted by atomic mass is 9.99. The molecule has 1 N–H and O–H groups in total. The number of hydrogen-bond acceptors (Lipinski definition) is 4. The Kier molecular flexibility index (Phi) is 4.12. The summed E-state index contributed by atoms with van der Waals surface area (Å²) < 4.78 is 24.6. The van der Waals surface area contributed by atoms with E-state index in [9.17, 15) is 18.3 Å². The maximum Gasteiger partial charge on any atom is 0.238 e. The van der Waals surface area contributed by atoms with Gasteiger partial charge in [0.15, 0.2) is 9.84 Å². The smallest absolute Gasteiger partial charge is 0.238 e. The fourth-order valence-electron chi connectivity index (χ4n) is 3.39. The number of amides is 1. The lowest BCUT2D eigenvalue weighted by Gasteiger charge is -2.29. The minimum Gasteiger partial charge on any atom is -0.508 e. The Balaban J connectivity index is 1.69. The number of sulfone groups is 1. The van der Waals surface area contributed by atoms with Crippen molar-refractivity contribution in [2.24, 2.45) is 0 Å². The summed E-state index contributed by atoms with van der Waals surface area (Å²) in [4.78, 5) is 13.9. The van der Waals surface area contributed by atoms with Gasteiger partial charge in [-0.3, -0.25) is 4.79 Å². The van der Waals surface area contributed by atoms with Gasteiger partial charge in [0, 0.05) is 13.1 Å². The molecule has 22 heavy (non-hydrogen) atoms. The van der Waals surface area contributed by atoms with Gasteiger partial charge in [-0.2, -0.15) is 0 Å². The van der Waals surface area contributed by atoms with Crippen LogP contribution in [0.1, 0.15) is 36.8 Å². The van der Waals surface area contributed by atoms with Gasteiger partial charge in [-0.15, -0.1) is 0 Å². The summed E-state index contributed by atoms with van der Waals surface area (Å²) in [5.74, 6) is -0.529. The van der Waals surface area contributed by atoms with Crippen LogP contribution in [0.25, 0.3) is 0 Å². The molecule has 0 spiro atoms. The molecule has 2 aliphatic rings. The SMILES string of the molecule is O=C(CS(=O)(=O)C1CCCC1)N1CCc2ccc(O)cc2C1. The Labute approximate surface area is 130 Å². The van der Waals surface area contributed by atoms with Gasteiger partial charge in [-0.05, 0) is 42.5 Å². The molecule has 0 aromatic heterocycles. The molecule has 0 unspecified atom stereocenters. The molecule has 1 aliphatic carbocycles. The topological polar surface area (TPSA) is 74.7 Å². The standard InChI is InChI=1S/C16H21NO4S/c18-14-6-5-12-7-8-17(10-13(12)9-14)16(19)11-22(20,21)15-3-1-2-4-15/h5-6,9,15,18H,1-4,7-8,10-11H2. The summed E-state index contributed by atoms with van der Waals surface area (Å²) in [7, 11) is -3.33. The summed E-state index contributed by atoms with van der Waals surface area (Å²) in [6, 6.07) is 5.16. The number of aromatic hydroxyl groups is 1. The van der Waals surface area contributed by atoms with Crippen molar-refractivity contribution in [1.82, 2.24) is 4.90 Å². The number of carbonyl (C=O) groups is 1. The summed E-state index contributed by atoms with van der Waals surface area (Å²) in [6.45, 7) is 0.916. The number of nitrogens with zero attached hydrogens (tertiary/aromatic N) is 1. The highest BCUT2D eigenvalue weighted by molar-refractivity contribution is 7.92. The summed E-state index contributed by atoms with van der Waals surface area (Å²) in [6.07, 6.45) is 3.95. The quantitative estimate of drug-likeness (QED) is 0.917. The molecule has 1 heterocycles. The number of rotatable bonds is 3. The number of phenols is 1. The van der Waals surface area contributed by atoms with Gasteiger partial charge in [0.1, 0.15) is 11.5 Å². The average molecular weight is 323 g/mol. The van der Waals surface area contributed by atoms with E-state index in [4.69, 9.17) is 0 Å². The van der Waals surface area contributed by atoms with Crippen molar-refractivity contribution in [1.29, 1.82) is 0 Å². The van der Waals surface area contributed by atoms with E-state index in [2.05, 4.69) is 0 Å². The highest BCUT2D eigenvalue weighted by Gasteiger charge is 2.32. The first kappa shape index (κ1) is 15.3. The second-order valence-electron chi connectivity index (χ2n) is 6.23. The van der Waals surface area contributed by atoms with Crippen LogP contribution in [0.5, 0.6) is 5.75 Å². The molecule has 0 radical (unpaired) electrons. The van der Waals surface area contributed by atoms with Gasteiger partial charge >= 0.3 is 0 Å². The molecular formula is C16H21NO4S. The maximum atomic E-state index is 12.3. The van der Waals surface area contributed by atoms with Gasteiger partial charge in [0.25, 0.3) is 0 Å². The van der Waals surface area contributed by atoms with Crippen molar-refractivity contribution in [3.05, 3.63) is 29.3 Å². The van der Waals surface area contributed by atoms with E-state index in [1.54, 1.807) is 17.0 Å². The van der Waals surface area contributed by atoms with E-state index >= 15 is 0 Å². The van der Waals surface area contributed by atoms with Crippen LogP contribution in [0.2, 0.25) is 0 Å². The van der Waals surface area contributed by atoms with Crippen molar-refractivity contribution >= 4 is 15.7 Å². The van der Waals surface area contributed by atoms with E-state index < -0.39 is 9.84 Å². The molecule has 1 aromatic rings. The van der Waals surface area contributed by atoms with E-state index in [1.807, 2.05) is 6.07 Å². The zero-order valence-electron chi connectivity index (χ0n) is 12.5. The first-order chi connectivity index (χ1) is 10.5. The van der Waals surface area contributed by atoms with Crippen LogP contribution < -0.4 is 0 Å². The highest BCUT2D eigenvalue weighted by Crippen LogP contribution is 2.27. The average Bonchev–Trinajstić information content (AvgIpc) is 3.01. The fraction of sp³-hybridized carbons (Fsp3) is 0.562. The Morgan fingerprint density at radius 3 is 2.68 bits per heavy atom. The van der Waals surface area contributed by atoms with E-state index in [0.29, 0.717) is 32.4 Å². The van der Waals surface area contributed by atoms with Crippen molar-refractivity contribution in [3.8, 4) is 5.75 Å². The predicted molar refractivity (Wildman–Crippen MR) is 83.3 cm³/mol. The third-order valence-corrected chi connectivity index (χ3v) is 6.83. The van der Waals surface area contributed by atoms with Crippen LogP contribution in [0, 0.1) is 0 Å². The third kappa shape index (κ3) is 3.11. The number of hydrogen-bond donors (Lipinski definition) is 1. The molecule has 0 atom stereocenters. The normalized spacial score (nSPS) is 19.2. The first-order valence-electron chi connectivity index (χ1n) is 7.76. The maximum absolute atomic E-state index is 12.3. The summed E-state index contributed by atoms with van der Waals surface area (Å²) >= 11 is 0. The number of phenolic OH excluding ortho intramolecular Hbond substituents is 1. The molecule has 120 valence electrons. The van der Waals surface area contributed by atoms with E-state index in [1.165, 1.54) is 0 Å². The first-order valence-corrected chi connectivity index (χ1v) is 9.47. The third-order valence-electron chi connectivity index (χ3n) is 4.69. The van der Waals surface area contributed by atoms with Crippen molar-refractivity contribution in [2.45, 2.75) is 43.9 Å². The largest absolute Gasteiger partial charge is 0.508 e. The molecule has 1 fully saturated rings. The minimum absolute atomic E-state index is 0.173. The molecule has 6 heteroatoms. The van der Waals surface area contributed by atoms with Gasteiger partial charge < -0.3 is 10.0 Å². The van der Waals surface area contributed by atoms with Crippen LogP contribution >= 0.6 is 0 Å². The molecule has 3 rings (SSSR count). The Bertz CT molecular complexity index is 677. The second-order valence-corrected chi connectivity index (χ2v) is 8.51.